The normalized spacial score (nSPS) is 11.5. The van der Waals surface area contributed by atoms with E-state index in [1.165, 1.54) is 5.56 Å². The van der Waals surface area contributed by atoms with Crippen LogP contribution in [0.5, 0.6) is 11.5 Å². The molecule has 0 atom stereocenters. The highest BCUT2D eigenvalue weighted by Gasteiger charge is 2.11. The van der Waals surface area contributed by atoms with E-state index < -0.39 is 0 Å². The molecule has 2 aromatic carbocycles. The summed E-state index contributed by atoms with van der Waals surface area (Å²) in [5.74, 6) is 0.417. The molecule has 0 radical (unpaired) electrons. The van der Waals surface area contributed by atoms with E-state index >= 15 is 0 Å². The van der Waals surface area contributed by atoms with E-state index in [1.807, 2.05) is 18.2 Å². The van der Waals surface area contributed by atoms with Crippen LogP contribution < -0.4 is 4.87 Å². The number of rotatable bonds is 8. The number of H-pyrrole nitrogens is 1. The van der Waals surface area contributed by atoms with Crippen LogP contribution in [0.3, 0.4) is 0 Å². The molecule has 5 nitrogen and oxygen atoms in total. The quantitative estimate of drug-likeness (QED) is 0.566. The molecule has 0 saturated heterocycles. The Kier molecular flexibility index (Phi) is 5.96. The van der Waals surface area contributed by atoms with E-state index in [-0.39, 0.29) is 10.6 Å². The van der Waals surface area contributed by atoms with Gasteiger partial charge in [-0.1, -0.05) is 36.5 Å². The molecule has 3 rings (SSSR count). The van der Waals surface area contributed by atoms with Crippen LogP contribution in [-0.4, -0.2) is 39.7 Å². The molecular weight excluding hydrogens is 348 g/mol. The van der Waals surface area contributed by atoms with Crippen LogP contribution in [0.2, 0.25) is 0 Å². The first-order valence-corrected chi connectivity index (χ1v) is 9.72. The minimum atomic E-state index is -0.138. The standard InChI is InChI=1S/C20H24N2O3S/c1-2-11-22(12-9-14-3-6-16(23)7-4-14)13-10-15-5-8-17(24)18-19(15)26-20(25)21-18/h3-8,23-24H,2,9-13H2,1H3,(H,21,25). The molecule has 0 spiro atoms. The Bertz CT molecular complexity index is 915. The van der Waals surface area contributed by atoms with Gasteiger partial charge in [0.2, 0.25) is 0 Å². The Balaban J connectivity index is 1.66. The third-order valence-corrected chi connectivity index (χ3v) is 5.49. The number of benzene rings is 2. The van der Waals surface area contributed by atoms with Crippen LogP contribution in [0.25, 0.3) is 10.2 Å². The highest BCUT2D eigenvalue weighted by Crippen LogP contribution is 2.28. The summed E-state index contributed by atoms with van der Waals surface area (Å²) < 4.78 is 0.852. The molecule has 0 bridgehead atoms. The first kappa shape index (κ1) is 18.5. The Morgan fingerprint density at radius 3 is 2.46 bits per heavy atom. The first-order valence-electron chi connectivity index (χ1n) is 8.90. The molecule has 0 unspecified atom stereocenters. The molecule has 1 aromatic heterocycles. The molecule has 3 aromatic rings. The minimum Gasteiger partial charge on any atom is -0.508 e. The molecule has 1 heterocycles. The summed E-state index contributed by atoms with van der Waals surface area (Å²) in [7, 11) is 0. The second-order valence-electron chi connectivity index (χ2n) is 6.47. The van der Waals surface area contributed by atoms with Crippen molar-refractivity contribution in [3.8, 4) is 11.5 Å². The smallest absolute Gasteiger partial charge is 0.305 e. The lowest BCUT2D eigenvalue weighted by molar-refractivity contribution is 0.281. The molecule has 0 amide bonds. The van der Waals surface area contributed by atoms with Crippen LogP contribution in [-0.2, 0) is 12.8 Å². The molecule has 0 aliphatic heterocycles. The SMILES string of the molecule is CCCN(CCc1ccc(O)cc1)CCc1ccc(O)c2[nH]c(=O)sc12. The summed E-state index contributed by atoms with van der Waals surface area (Å²) in [6.45, 7) is 5.04. The number of nitrogens with zero attached hydrogens (tertiary/aromatic N) is 1. The van der Waals surface area contributed by atoms with Crippen molar-refractivity contribution in [2.45, 2.75) is 26.2 Å². The van der Waals surface area contributed by atoms with E-state index in [0.717, 1.165) is 60.5 Å². The van der Waals surface area contributed by atoms with Crippen LogP contribution in [0.1, 0.15) is 24.5 Å². The van der Waals surface area contributed by atoms with E-state index in [4.69, 9.17) is 0 Å². The van der Waals surface area contributed by atoms with Gasteiger partial charge in [0.15, 0.2) is 0 Å². The fourth-order valence-electron chi connectivity index (χ4n) is 3.15. The number of aromatic amines is 1. The van der Waals surface area contributed by atoms with Crippen molar-refractivity contribution in [2.75, 3.05) is 19.6 Å². The van der Waals surface area contributed by atoms with Crippen LogP contribution >= 0.6 is 11.3 Å². The first-order chi connectivity index (χ1) is 12.6. The van der Waals surface area contributed by atoms with Gasteiger partial charge in [0.25, 0.3) is 0 Å². The maximum Gasteiger partial charge on any atom is 0.305 e. The molecule has 0 saturated carbocycles. The van der Waals surface area contributed by atoms with Crippen molar-refractivity contribution in [1.82, 2.24) is 9.88 Å². The highest BCUT2D eigenvalue weighted by atomic mass is 32.1. The number of nitrogens with one attached hydrogen (secondary N) is 1. The predicted octanol–water partition coefficient (Wildman–Crippen LogP) is 3.50. The fraction of sp³-hybridized carbons (Fsp3) is 0.350. The zero-order chi connectivity index (χ0) is 18.5. The van der Waals surface area contributed by atoms with Gasteiger partial charge in [-0.25, -0.2) is 0 Å². The van der Waals surface area contributed by atoms with Gasteiger partial charge in [-0.15, -0.1) is 0 Å². The van der Waals surface area contributed by atoms with Gasteiger partial charge in [0.1, 0.15) is 17.0 Å². The second-order valence-corrected chi connectivity index (χ2v) is 7.45. The lowest BCUT2D eigenvalue weighted by Crippen LogP contribution is -2.29. The lowest BCUT2D eigenvalue weighted by atomic mass is 10.1. The third kappa shape index (κ3) is 4.45. The summed E-state index contributed by atoms with van der Waals surface area (Å²) in [5.41, 5.74) is 2.84. The monoisotopic (exact) mass is 372 g/mol. The summed E-state index contributed by atoms with van der Waals surface area (Å²) in [5, 5.41) is 19.3. The zero-order valence-electron chi connectivity index (χ0n) is 14.9. The van der Waals surface area contributed by atoms with Gasteiger partial charge >= 0.3 is 4.87 Å². The number of fused-ring (bicyclic) bond motifs is 1. The van der Waals surface area contributed by atoms with Crippen LogP contribution in [0.15, 0.2) is 41.2 Å². The van der Waals surface area contributed by atoms with Crippen LogP contribution in [0, 0.1) is 0 Å². The Morgan fingerprint density at radius 2 is 1.73 bits per heavy atom. The summed E-state index contributed by atoms with van der Waals surface area (Å²) >= 11 is 1.16. The number of hydrogen-bond acceptors (Lipinski definition) is 5. The topological polar surface area (TPSA) is 76.6 Å². The summed E-state index contributed by atoms with van der Waals surface area (Å²) in [6.07, 6.45) is 2.85. The van der Waals surface area contributed by atoms with E-state index in [2.05, 4.69) is 16.8 Å². The van der Waals surface area contributed by atoms with Gasteiger partial charge in [0.05, 0.1) is 4.70 Å². The van der Waals surface area contributed by atoms with Crippen molar-refractivity contribution in [3.05, 3.63) is 57.2 Å². The largest absolute Gasteiger partial charge is 0.508 e. The van der Waals surface area contributed by atoms with Gasteiger partial charge in [-0.3, -0.25) is 4.79 Å². The Hall–Kier alpha value is -2.31. The molecular formula is C20H24N2O3S. The number of aromatic nitrogens is 1. The van der Waals surface area contributed by atoms with Gasteiger partial charge in [-0.05, 0) is 55.1 Å². The molecule has 6 heteroatoms. The lowest BCUT2D eigenvalue weighted by Gasteiger charge is -2.22. The van der Waals surface area contributed by atoms with E-state index in [1.54, 1.807) is 18.2 Å². The predicted molar refractivity (Wildman–Crippen MR) is 106 cm³/mol. The Morgan fingerprint density at radius 1 is 1.00 bits per heavy atom. The van der Waals surface area contributed by atoms with Crippen molar-refractivity contribution >= 4 is 21.6 Å². The van der Waals surface area contributed by atoms with Crippen molar-refractivity contribution in [1.29, 1.82) is 0 Å². The average Bonchev–Trinajstić information content (AvgIpc) is 3.03. The maximum atomic E-state index is 11.6. The molecule has 0 aliphatic carbocycles. The summed E-state index contributed by atoms with van der Waals surface area (Å²) in [4.78, 5) is 16.6. The van der Waals surface area contributed by atoms with E-state index in [9.17, 15) is 15.0 Å². The Labute approximate surface area is 156 Å². The number of thiazole rings is 1. The summed E-state index contributed by atoms with van der Waals surface area (Å²) in [6, 6.07) is 10.9. The van der Waals surface area contributed by atoms with Crippen molar-refractivity contribution in [3.63, 3.8) is 0 Å². The third-order valence-electron chi connectivity index (χ3n) is 4.53. The van der Waals surface area contributed by atoms with Crippen LogP contribution in [0.4, 0.5) is 0 Å². The van der Waals surface area contributed by atoms with Gasteiger partial charge in [0, 0.05) is 13.1 Å². The molecule has 3 N–H and O–H groups in total. The number of hydrogen-bond donors (Lipinski definition) is 3. The number of aromatic hydroxyl groups is 2. The molecule has 0 aliphatic rings. The van der Waals surface area contributed by atoms with Crippen molar-refractivity contribution < 1.29 is 10.2 Å². The number of phenols is 2. The minimum absolute atomic E-state index is 0.125. The van der Waals surface area contributed by atoms with Gasteiger partial charge in [-0.2, -0.15) is 0 Å². The second kappa shape index (κ2) is 8.38. The zero-order valence-corrected chi connectivity index (χ0v) is 15.7. The van der Waals surface area contributed by atoms with Gasteiger partial charge < -0.3 is 20.1 Å². The highest BCUT2D eigenvalue weighted by molar-refractivity contribution is 7.16. The van der Waals surface area contributed by atoms with Crippen molar-refractivity contribution in [2.24, 2.45) is 0 Å². The maximum absolute atomic E-state index is 11.6. The molecule has 0 fully saturated rings. The molecule has 138 valence electrons. The average molecular weight is 372 g/mol. The fourth-order valence-corrected chi connectivity index (χ4v) is 4.05. The molecule has 26 heavy (non-hydrogen) atoms. The number of phenolic OH excluding ortho intramolecular Hbond substituents is 2. The van der Waals surface area contributed by atoms with E-state index in [0.29, 0.717) is 11.3 Å².